The molecule has 4 heteroatoms. The van der Waals surface area contributed by atoms with Gasteiger partial charge in [-0.3, -0.25) is 0 Å². The van der Waals surface area contributed by atoms with Gasteiger partial charge in [-0.05, 0) is 12.1 Å². The summed E-state index contributed by atoms with van der Waals surface area (Å²) in [6, 6.07) is 6.62. The average Bonchev–Trinajstić information content (AvgIpc) is 1.90. The number of halogens is 1. The molecule has 1 aromatic rings. The number of anilines is 1. The van der Waals surface area contributed by atoms with Crippen LogP contribution < -0.4 is 18.1 Å². The van der Waals surface area contributed by atoms with E-state index in [0.717, 1.165) is 0 Å². The average molecular weight is 156 g/mol. The highest BCUT2D eigenvalue weighted by molar-refractivity contribution is 5.51. The third kappa shape index (κ3) is 1.92. The molecule has 52 valence electrons. The molecule has 10 heavy (non-hydrogen) atoms. The second-order valence-electron chi connectivity index (χ2n) is 1.69. The van der Waals surface area contributed by atoms with Crippen molar-refractivity contribution >= 4 is 11.4 Å². The molecule has 0 saturated carbocycles. The van der Waals surface area contributed by atoms with E-state index in [1.807, 2.05) is 0 Å². The number of hydrogen-bond acceptors (Lipinski definition) is 2. The highest BCUT2D eigenvalue weighted by Gasteiger charge is 1.99. The van der Waals surface area contributed by atoms with Gasteiger partial charge in [-0.2, -0.15) is 0 Å². The van der Waals surface area contributed by atoms with E-state index in [1.165, 1.54) is 0 Å². The van der Waals surface area contributed by atoms with E-state index in [0.29, 0.717) is 11.4 Å². The molecule has 0 aromatic heterocycles. The first-order valence-electron chi connectivity index (χ1n) is 2.53. The molecule has 0 fully saturated rings. The van der Waals surface area contributed by atoms with Gasteiger partial charge in [0.15, 0.2) is 4.98 Å². The molecule has 0 unspecified atom stereocenters. The van der Waals surface area contributed by atoms with Crippen molar-refractivity contribution in [2.75, 3.05) is 5.73 Å². The van der Waals surface area contributed by atoms with Gasteiger partial charge in [-0.15, -0.1) is 0 Å². The Balaban J connectivity index is 0.000000810. The van der Waals surface area contributed by atoms with Crippen LogP contribution in [0.4, 0.5) is 11.4 Å². The zero-order valence-corrected chi connectivity index (χ0v) is 5.92. The predicted molar refractivity (Wildman–Crippen MR) is 35.6 cm³/mol. The van der Waals surface area contributed by atoms with E-state index in [9.17, 15) is 0 Å². The lowest BCUT2D eigenvalue weighted by atomic mass is 10.3. The van der Waals surface area contributed by atoms with Gasteiger partial charge in [0, 0.05) is 17.8 Å². The summed E-state index contributed by atoms with van der Waals surface area (Å²) in [5.74, 6) is 0. The molecule has 1 aromatic carbocycles. The molecular weight excluding hydrogens is 150 g/mol. The first-order chi connectivity index (χ1) is 4.33. The molecule has 1 rings (SSSR count). The van der Waals surface area contributed by atoms with E-state index in [1.54, 1.807) is 24.3 Å². The molecule has 0 aliphatic carbocycles. The number of nitrogens with two attached hydrogens (primary N) is 1. The van der Waals surface area contributed by atoms with Crippen LogP contribution in [0.5, 0.6) is 0 Å². The molecule has 3 nitrogen and oxygen atoms in total. The largest absolute Gasteiger partial charge is 1.00 e. The standard InChI is InChI=1S/C6H6N3.ClH/c7-5-1-3-6(9-8)4-2-5;/h1-4H,7H2;1H/q+1;/p-1. The Labute approximate surface area is 64.9 Å². The zero-order valence-electron chi connectivity index (χ0n) is 5.16. The molecule has 0 atom stereocenters. The fraction of sp³-hybridized carbons (Fsp3) is 0. The topological polar surface area (TPSA) is 54.2 Å². The fourth-order valence-corrected chi connectivity index (χ4v) is 0.541. The third-order valence-electron chi connectivity index (χ3n) is 1.01. The fourth-order valence-electron chi connectivity index (χ4n) is 0.541. The molecule has 0 spiro atoms. The second-order valence-corrected chi connectivity index (χ2v) is 1.69. The van der Waals surface area contributed by atoms with Crippen molar-refractivity contribution in [3.63, 3.8) is 0 Å². The molecule has 0 aliphatic rings. The Morgan fingerprint density at radius 3 is 2.10 bits per heavy atom. The second kappa shape index (κ2) is 3.70. The number of diazo groups is 1. The van der Waals surface area contributed by atoms with Gasteiger partial charge in [0.1, 0.15) is 0 Å². The van der Waals surface area contributed by atoms with Crippen molar-refractivity contribution < 1.29 is 12.4 Å². The lowest BCUT2D eigenvalue weighted by Gasteiger charge is -1.82. The normalized spacial score (nSPS) is 7.50. The van der Waals surface area contributed by atoms with Crippen molar-refractivity contribution in [2.24, 2.45) is 0 Å². The Morgan fingerprint density at radius 2 is 1.70 bits per heavy atom. The van der Waals surface area contributed by atoms with Gasteiger partial charge >= 0.3 is 5.69 Å². The van der Waals surface area contributed by atoms with Gasteiger partial charge in [-0.25, -0.2) is 0 Å². The summed E-state index contributed by atoms with van der Waals surface area (Å²) in [6.07, 6.45) is 0. The van der Waals surface area contributed by atoms with Crippen molar-refractivity contribution in [3.8, 4) is 0 Å². The highest BCUT2D eigenvalue weighted by Crippen LogP contribution is 2.12. The summed E-state index contributed by atoms with van der Waals surface area (Å²) < 4.78 is 0. The van der Waals surface area contributed by atoms with E-state index < -0.39 is 0 Å². The maximum Gasteiger partial charge on any atom is 0.385 e. The summed E-state index contributed by atoms with van der Waals surface area (Å²) in [7, 11) is 0. The summed E-state index contributed by atoms with van der Waals surface area (Å²) >= 11 is 0. The van der Waals surface area contributed by atoms with Crippen LogP contribution in [0.15, 0.2) is 24.3 Å². The summed E-state index contributed by atoms with van der Waals surface area (Å²) in [5, 5.41) is 8.21. The molecular formula is C6H6ClN3. The van der Waals surface area contributed by atoms with Crippen LogP contribution in [0.25, 0.3) is 4.98 Å². The zero-order chi connectivity index (χ0) is 6.69. The Kier molecular flexibility index (Phi) is 3.23. The number of hydrogen-bond donors (Lipinski definition) is 1. The molecule has 0 heterocycles. The SMILES string of the molecule is N#[N+]c1ccc(N)cc1.[Cl-]. The van der Waals surface area contributed by atoms with Crippen LogP contribution >= 0.6 is 0 Å². The van der Waals surface area contributed by atoms with Crippen LogP contribution in [0, 0.1) is 5.39 Å². The Hall–Kier alpha value is -1.27. The van der Waals surface area contributed by atoms with Crippen molar-refractivity contribution in [3.05, 3.63) is 29.2 Å². The van der Waals surface area contributed by atoms with Crippen LogP contribution in [-0.2, 0) is 0 Å². The minimum absolute atomic E-state index is 0. The Morgan fingerprint density at radius 1 is 1.20 bits per heavy atom. The molecule has 2 N–H and O–H groups in total. The summed E-state index contributed by atoms with van der Waals surface area (Å²) in [5.41, 5.74) is 6.54. The van der Waals surface area contributed by atoms with Gasteiger partial charge in [0.05, 0.1) is 0 Å². The van der Waals surface area contributed by atoms with Crippen LogP contribution in [0.3, 0.4) is 0 Å². The highest BCUT2D eigenvalue weighted by atomic mass is 35.5. The van der Waals surface area contributed by atoms with Crippen LogP contribution in [0.2, 0.25) is 0 Å². The third-order valence-corrected chi connectivity index (χ3v) is 1.01. The van der Waals surface area contributed by atoms with E-state index in [4.69, 9.17) is 11.1 Å². The number of benzene rings is 1. The maximum atomic E-state index is 8.21. The monoisotopic (exact) mass is 155 g/mol. The minimum atomic E-state index is 0. The van der Waals surface area contributed by atoms with Crippen molar-refractivity contribution in [1.29, 1.82) is 5.39 Å². The van der Waals surface area contributed by atoms with Gasteiger partial charge in [0.25, 0.3) is 0 Å². The van der Waals surface area contributed by atoms with Crippen molar-refractivity contribution in [1.82, 2.24) is 0 Å². The van der Waals surface area contributed by atoms with Gasteiger partial charge < -0.3 is 18.1 Å². The molecule has 0 aliphatic heterocycles. The van der Waals surface area contributed by atoms with Crippen LogP contribution in [-0.4, -0.2) is 0 Å². The lowest BCUT2D eigenvalue weighted by Crippen LogP contribution is -3.00. The maximum absolute atomic E-state index is 8.21. The van der Waals surface area contributed by atoms with E-state index in [-0.39, 0.29) is 12.4 Å². The van der Waals surface area contributed by atoms with Crippen LogP contribution in [0.1, 0.15) is 0 Å². The molecule has 0 radical (unpaired) electrons. The summed E-state index contributed by atoms with van der Waals surface area (Å²) in [6.45, 7) is 0. The first-order valence-corrected chi connectivity index (χ1v) is 2.53. The first kappa shape index (κ1) is 8.73. The molecule has 0 bridgehead atoms. The lowest BCUT2D eigenvalue weighted by molar-refractivity contribution is -0.00000210. The smallest absolute Gasteiger partial charge is 0.385 e. The molecule has 0 saturated heterocycles. The quantitative estimate of drug-likeness (QED) is 0.376. The predicted octanol–water partition coefficient (Wildman–Crippen LogP) is -1.24. The van der Waals surface area contributed by atoms with Gasteiger partial charge in [0.2, 0.25) is 5.39 Å². The summed E-state index contributed by atoms with van der Waals surface area (Å²) in [4.78, 5) is 2.96. The number of nitrogen functional groups attached to an aromatic ring is 1. The number of nitrogens with zero attached hydrogens (tertiary/aromatic N) is 2. The van der Waals surface area contributed by atoms with Gasteiger partial charge in [-0.1, -0.05) is 0 Å². The van der Waals surface area contributed by atoms with E-state index in [2.05, 4.69) is 4.98 Å². The minimum Gasteiger partial charge on any atom is -1.00 e. The Bertz CT molecular complexity index is 236. The molecule has 0 amide bonds. The van der Waals surface area contributed by atoms with Crippen molar-refractivity contribution in [2.45, 2.75) is 0 Å². The van der Waals surface area contributed by atoms with E-state index >= 15 is 0 Å². The number of rotatable bonds is 0.